The predicted molar refractivity (Wildman–Crippen MR) is 94.2 cm³/mol. The van der Waals surface area contributed by atoms with Crippen molar-refractivity contribution in [3.8, 4) is 11.5 Å². The highest BCUT2D eigenvalue weighted by atomic mass is 16.6. The molecule has 2 heterocycles. The number of pyridine rings is 1. The monoisotopic (exact) mass is 347 g/mol. The van der Waals surface area contributed by atoms with Crippen LogP contribution < -0.4 is 10.6 Å². The summed E-state index contributed by atoms with van der Waals surface area (Å²) in [7, 11) is 0. The second kappa shape index (κ2) is 7.96. The van der Waals surface area contributed by atoms with Gasteiger partial charge in [0.05, 0.1) is 5.56 Å². The fourth-order valence-electron chi connectivity index (χ4n) is 1.96. The number of anilines is 1. The lowest BCUT2D eigenvalue weighted by Gasteiger charge is -2.21. The summed E-state index contributed by atoms with van der Waals surface area (Å²) >= 11 is 0. The fourth-order valence-corrected chi connectivity index (χ4v) is 1.96. The lowest BCUT2D eigenvalue weighted by Crippen LogP contribution is -2.36. The van der Waals surface area contributed by atoms with Crippen LogP contribution in [0.4, 0.5) is 10.6 Å². The van der Waals surface area contributed by atoms with Crippen molar-refractivity contribution in [2.45, 2.75) is 40.2 Å². The Labute approximate surface area is 147 Å². The van der Waals surface area contributed by atoms with E-state index in [0.29, 0.717) is 24.9 Å². The second-order valence-electron chi connectivity index (χ2n) is 6.93. The van der Waals surface area contributed by atoms with Crippen molar-refractivity contribution < 1.29 is 13.9 Å². The Kier molecular flexibility index (Phi) is 5.95. The molecule has 0 bridgehead atoms. The molecular weight excluding hydrogens is 322 g/mol. The lowest BCUT2D eigenvalue weighted by molar-refractivity contribution is 0.0521. The van der Waals surface area contributed by atoms with Crippen molar-refractivity contribution in [1.82, 2.24) is 20.5 Å². The van der Waals surface area contributed by atoms with Crippen molar-refractivity contribution in [3.63, 3.8) is 0 Å². The largest absolute Gasteiger partial charge is 0.444 e. The van der Waals surface area contributed by atoms with Crippen molar-refractivity contribution >= 4 is 11.9 Å². The number of alkyl carbamates (subject to hydrolysis) is 1. The quantitative estimate of drug-likeness (QED) is 0.828. The molecule has 0 saturated carbocycles. The fraction of sp³-hybridized carbons (Fsp3) is 0.529. The van der Waals surface area contributed by atoms with Gasteiger partial charge in [0.2, 0.25) is 11.8 Å². The van der Waals surface area contributed by atoms with Gasteiger partial charge in [0, 0.05) is 26.2 Å². The van der Waals surface area contributed by atoms with Crippen molar-refractivity contribution in [2.75, 3.05) is 18.4 Å². The molecule has 2 aromatic rings. The number of aromatic nitrogens is 3. The molecule has 1 unspecified atom stereocenters. The van der Waals surface area contributed by atoms with E-state index in [1.807, 2.05) is 39.8 Å². The van der Waals surface area contributed by atoms with Crippen LogP contribution in [0.3, 0.4) is 0 Å². The van der Waals surface area contributed by atoms with Gasteiger partial charge in [-0.15, -0.1) is 10.2 Å². The summed E-state index contributed by atoms with van der Waals surface area (Å²) < 4.78 is 10.6. The van der Waals surface area contributed by atoms with Gasteiger partial charge in [-0.05, 0) is 38.8 Å². The molecule has 0 aliphatic heterocycles. The molecule has 25 heavy (non-hydrogen) atoms. The highest BCUT2D eigenvalue weighted by Crippen LogP contribution is 2.18. The van der Waals surface area contributed by atoms with Gasteiger partial charge in [-0.1, -0.05) is 6.92 Å². The highest BCUT2D eigenvalue weighted by Gasteiger charge is 2.16. The molecule has 2 N–H and O–H groups in total. The highest BCUT2D eigenvalue weighted by molar-refractivity contribution is 5.67. The molecule has 1 amide bonds. The van der Waals surface area contributed by atoms with Crippen molar-refractivity contribution in [3.05, 3.63) is 24.2 Å². The molecule has 0 fully saturated rings. The SMILES string of the molecule is Cc1nnc(-c2ccc(NCC(C)CNC(=O)OC(C)(C)C)nc2)o1. The average Bonchev–Trinajstić information content (AvgIpc) is 2.96. The first kappa shape index (κ1) is 18.7. The third-order valence-corrected chi connectivity index (χ3v) is 3.16. The molecule has 0 aromatic carbocycles. The maximum atomic E-state index is 11.6. The number of hydrogen-bond acceptors (Lipinski definition) is 7. The molecular formula is C17H25N5O3. The minimum atomic E-state index is -0.492. The predicted octanol–water partition coefficient (Wildman–Crippen LogP) is 3.01. The van der Waals surface area contributed by atoms with Gasteiger partial charge >= 0.3 is 6.09 Å². The van der Waals surface area contributed by atoms with Gasteiger partial charge in [-0.25, -0.2) is 9.78 Å². The van der Waals surface area contributed by atoms with E-state index in [-0.39, 0.29) is 5.92 Å². The summed E-state index contributed by atoms with van der Waals surface area (Å²) in [5, 5.41) is 13.7. The Bertz CT molecular complexity index is 691. The Balaban J connectivity index is 1.76. The molecule has 8 nitrogen and oxygen atoms in total. The maximum absolute atomic E-state index is 11.6. The van der Waals surface area contributed by atoms with Crippen LogP contribution in [0.1, 0.15) is 33.6 Å². The number of rotatable bonds is 6. The molecule has 8 heteroatoms. The standard InChI is InChI=1S/C17H25N5O3/c1-11(9-20-16(23)25-17(3,4)5)8-18-14-7-6-13(10-19-14)15-22-21-12(2)24-15/h6-7,10-11H,8-9H2,1-5H3,(H,18,19)(H,20,23). The minimum Gasteiger partial charge on any atom is -0.444 e. The summed E-state index contributed by atoms with van der Waals surface area (Å²) in [5.74, 6) is 1.92. The molecule has 0 saturated heterocycles. The van der Waals surface area contributed by atoms with Gasteiger partial charge in [0.15, 0.2) is 0 Å². The van der Waals surface area contributed by atoms with Gasteiger partial charge in [-0.3, -0.25) is 0 Å². The summed E-state index contributed by atoms with van der Waals surface area (Å²) in [4.78, 5) is 16.0. The summed E-state index contributed by atoms with van der Waals surface area (Å²) in [6.07, 6.45) is 1.27. The summed E-state index contributed by atoms with van der Waals surface area (Å²) in [6.45, 7) is 10.5. The zero-order chi connectivity index (χ0) is 18.4. The van der Waals surface area contributed by atoms with Gasteiger partial charge in [0.1, 0.15) is 11.4 Å². The number of ether oxygens (including phenoxy) is 1. The number of aryl methyl sites for hydroxylation is 1. The Morgan fingerprint density at radius 3 is 2.60 bits per heavy atom. The van der Waals surface area contributed by atoms with Crippen LogP contribution in [0.2, 0.25) is 0 Å². The second-order valence-corrected chi connectivity index (χ2v) is 6.93. The Morgan fingerprint density at radius 1 is 1.28 bits per heavy atom. The number of nitrogens with one attached hydrogen (secondary N) is 2. The van der Waals surface area contributed by atoms with Crippen LogP contribution in [0.15, 0.2) is 22.7 Å². The average molecular weight is 347 g/mol. The smallest absolute Gasteiger partial charge is 0.407 e. The number of carbonyl (C=O) groups excluding carboxylic acids is 1. The normalized spacial score (nSPS) is 12.5. The van der Waals surface area contributed by atoms with E-state index in [1.54, 1.807) is 13.1 Å². The molecule has 2 rings (SSSR count). The van der Waals surface area contributed by atoms with E-state index in [1.165, 1.54) is 0 Å². The van der Waals surface area contributed by atoms with E-state index >= 15 is 0 Å². The zero-order valence-electron chi connectivity index (χ0n) is 15.3. The Morgan fingerprint density at radius 2 is 2.04 bits per heavy atom. The van der Waals surface area contributed by atoms with Gasteiger partial charge < -0.3 is 19.8 Å². The number of amides is 1. The molecule has 136 valence electrons. The molecule has 1 atom stereocenters. The summed E-state index contributed by atoms with van der Waals surface area (Å²) in [5.41, 5.74) is 0.277. The topological polar surface area (TPSA) is 102 Å². The number of hydrogen-bond donors (Lipinski definition) is 2. The van der Waals surface area contributed by atoms with Gasteiger partial charge in [-0.2, -0.15) is 0 Å². The molecule has 0 aliphatic rings. The first-order valence-electron chi connectivity index (χ1n) is 8.20. The van der Waals surface area contributed by atoms with Crippen LogP contribution in [0.5, 0.6) is 0 Å². The van der Waals surface area contributed by atoms with E-state index in [9.17, 15) is 4.79 Å². The van der Waals surface area contributed by atoms with E-state index < -0.39 is 11.7 Å². The van der Waals surface area contributed by atoms with Crippen molar-refractivity contribution in [1.29, 1.82) is 0 Å². The number of nitrogens with zero attached hydrogens (tertiary/aromatic N) is 3. The Hall–Kier alpha value is -2.64. The third kappa shape index (κ3) is 6.40. The third-order valence-electron chi connectivity index (χ3n) is 3.16. The first-order valence-corrected chi connectivity index (χ1v) is 8.20. The van der Waals surface area contributed by atoms with E-state index in [0.717, 1.165) is 11.4 Å². The molecule has 0 spiro atoms. The van der Waals surface area contributed by atoms with Crippen LogP contribution in [0.25, 0.3) is 11.5 Å². The maximum Gasteiger partial charge on any atom is 0.407 e. The van der Waals surface area contributed by atoms with Gasteiger partial charge in [0.25, 0.3) is 0 Å². The molecule has 0 radical (unpaired) electrons. The van der Waals surface area contributed by atoms with Crippen LogP contribution in [-0.2, 0) is 4.74 Å². The zero-order valence-corrected chi connectivity index (χ0v) is 15.3. The molecule has 0 aliphatic carbocycles. The summed E-state index contributed by atoms with van der Waals surface area (Å²) in [6, 6.07) is 3.72. The van der Waals surface area contributed by atoms with E-state index in [2.05, 4.69) is 25.8 Å². The van der Waals surface area contributed by atoms with Crippen LogP contribution in [-0.4, -0.2) is 40.0 Å². The molecule has 2 aromatic heterocycles. The first-order chi connectivity index (χ1) is 11.7. The van der Waals surface area contributed by atoms with Crippen LogP contribution in [0, 0.1) is 12.8 Å². The van der Waals surface area contributed by atoms with Crippen molar-refractivity contribution in [2.24, 2.45) is 5.92 Å². The number of carbonyl (C=O) groups is 1. The van der Waals surface area contributed by atoms with E-state index in [4.69, 9.17) is 9.15 Å². The lowest BCUT2D eigenvalue weighted by atomic mass is 10.2. The van der Waals surface area contributed by atoms with Crippen LogP contribution >= 0.6 is 0 Å². The minimum absolute atomic E-state index is 0.215.